The predicted molar refractivity (Wildman–Crippen MR) is 134 cm³/mol. The molecule has 1 fully saturated rings. The Morgan fingerprint density at radius 1 is 1.09 bits per heavy atom. The van der Waals surface area contributed by atoms with Crippen LogP contribution in [0.1, 0.15) is 12.6 Å². The van der Waals surface area contributed by atoms with E-state index in [0.29, 0.717) is 19.8 Å². The van der Waals surface area contributed by atoms with Crippen LogP contribution in [-0.2, 0) is 13.8 Å². The van der Waals surface area contributed by atoms with Gasteiger partial charge < -0.3 is 14.4 Å². The van der Waals surface area contributed by atoms with Gasteiger partial charge in [0.15, 0.2) is 0 Å². The van der Waals surface area contributed by atoms with E-state index in [9.17, 15) is 23.7 Å². The van der Waals surface area contributed by atoms with Crippen molar-refractivity contribution in [1.29, 1.82) is 0 Å². The van der Waals surface area contributed by atoms with Crippen molar-refractivity contribution >= 4 is 51.7 Å². The Balaban J connectivity index is 1.50. The molecule has 3 atom stereocenters. The minimum atomic E-state index is -3.51. The van der Waals surface area contributed by atoms with Crippen LogP contribution in [0.5, 0.6) is 0 Å². The Hall–Kier alpha value is -1.56. The van der Waals surface area contributed by atoms with Crippen molar-refractivity contribution in [1.82, 2.24) is 9.55 Å². The fraction of sp³-hybridized carbons (Fsp3) is 0.238. The van der Waals surface area contributed by atoms with Gasteiger partial charge in [0.1, 0.15) is 12.3 Å². The number of rotatable bonds is 8. The Morgan fingerprint density at radius 2 is 1.63 bits per heavy atom. The van der Waals surface area contributed by atoms with E-state index in [0.717, 1.165) is 33.5 Å². The first-order valence-electron chi connectivity index (χ1n) is 10.1. The van der Waals surface area contributed by atoms with Crippen LogP contribution in [0.4, 0.5) is 4.39 Å². The summed E-state index contributed by atoms with van der Waals surface area (Å²) in [6, 6.07) is 13.5. The summed E-state index contributed by atoms with van der Waals surface area (Å²) in [5, 5.41) is 11.5. The monoisotopic (exact) mass is 578 g/mol. The van der Waals surface area contributed by atoms with Crippen LogP contribution in [0.25, 0.3) is 0 Å². The van der Waals surface area contributed by atoms with Crippen LogP contribution in [0.3, 0.4) is 0 Å². The molecule has 1 aliphatic heterocycles. The van der Waals surface area contributed by atoms with Gasteiger partial charge in [0.05, 0.1) is 18.9 Å². The molecule has 2 heterocycles. The Morgan fingerprint density at radius 3 is 2.17 bits per heavy atom. The smallest absolute Gasteiger partial charge is 0.330 e. The van der Waals surface area contributed by atoms with Crippen molar-refractivity contribution in [2.24, 2.45) is 0 Å². The van der Waals surface area contributed by atoms with E-state index in [4.69, 9.17) is 32.5 Å². The number of nitrogens with one attached hydrogen (secondary N) is 1. The second-order valence-electron chi connectivity index (χ2n) is 7.41. The summed E-state index contributed by atoms with van der Waals surface area (Å²) in [6.07, 6.45) is -2.41. The molecule has 0 spiro atoms. The number of aromatic nitrogens is 2. The molecule has 4 rings (SSSR count). The zero-order valence-electron chi connectivity index (χ0n) is 17.7. The van der Waals surface area contributed by atoms with Gasteiger partial charge in [-0.15, -0.1) is 0 Å². The molecule has 0 unspecified atom stereocenters. The highest BCUT2D eigenvalue weighted by atomic mass is 35.5. The van der Waals surface area contributed by atoms with Crippen LogP contribution >= 0.6 is 51.7 Å². The lowest BCUT2D eigenvalue weighted by Crippen LogP contribution is -2.34. The first kappa shape index (κ1) is 26.5. The minimum absolute atomic E-state index is 0.0572. The molecule has 0 amide bonds. The largest absolute Gasteiger partial charge is 0.390 e. The fourth-order valence-electron chi connectivity index (χ4n) is 3.20. The van der Waals surface area contributed by atoms with Crippen molar-refractivity contribution in [2.45, 2.75) is 34.6 Å². The number of halogens is 3. The molecular weight excluding hydrogens is 561 g/mol. The standard InChI is InChI=1S/C21H18Cl2FN2O6PS2/c22-12-1-5-14(6-2-12)34-33(30,35-15-7-3-13(23)4-8-15)31-11-18-17(27)9-19(32-18)26-10-16(24)20(28)25-21(26)29/h1-8,10,17-19,27H,9,11H2,(H,25,28,29)/t17-,18+,19+/m0/s1. The van der Waals surface area contributed by atoms with E-state index < -0.39 is 41.3 Å². The fourth-order valence-corrected chi connectivity index (χ4v) is 9.91. The SMILES string of the molecule is O=c1[nH]c(=O)n([C@H]2C[C@H](O)[C@@H](COP(=O)(Sc3ccc(Cl)cc3)Sc3ccc(Cl)cc3)O2)cc1F. The van der Waals surface area contributed by atoms with Crippen molar-refractivity contribution in [3.63, 3.8) is 0 Å². The predicted octanol–water partition coefficient (Wildman–Crippen LogP) is 5.34. The van der Waals surface area contributed by atoms with Gasteiger partial charge >= 0.3 is 11.5 Å². The molecule has 2 aromatic carbocycles. The van der Waals surface area contributed by atoms with E-state index in [1.54, 1.807) is 48.5 Å². The van der Waals surface area contributed by atoms with Crippen LogP contribution < -0.4 is 11.2 Å². The quantitative estimate of drug-likeness (QED) is 0.344. The molecule has 2 N–H and O–H groups in total. The number of nitrogens with zero attached hydrogens (tertiary/aromatic N) is 1. The van der Waals surface area contributed by atoms with Gasteiger partial charge in [-0.3, -0.25) is 18.9 Å². The molecular formula is C21H18Cl2FN2O6PS2. The normalized spacial score (nSPS) is 20.3. The van der Waals surface area contributed by atoms with Gasteiger partial charge in [-0.1, -0.05) is 23.2 Å². The number of hydrogen-bond acceptors (Lipinski definition) is 8. The van der Waals surface area contributed by atoms with E-state index in [2.05, 4.69) is 0 Å². The maximum absolute atomic E-state index is 13.8. The minimum Gasteiger partial charge on any atom is -0.390 e. The molecule has 0 bridgehead atoms. The second-order valence-corrected chi connectivity index (χ2v) is 15.4. The van der Waals surface area contributed by atoms with Gasteiger partial charge in [0, 0.05) is 26.3 Å². The number of aromatic amines is 1. The van der Waals surface area contributed by atoms with Gasteiger partial charge in [-0.25, -0.2) is 4.79 Å². The molecule has 1 aliphatic rings. The van der Waals surface area contributed by atoms with Crippen molar-refractivity contribution in [3.05, 3.63) is 91.4 Å². The first-order valence-corrected chi connectivity index (χ1v) is 15.3. The summed E-state index contributed by atoms with van der Waals surface area (Å²) in [4.78, 5) is 26.5. The summed E-state index contributed by atoms with van der Waals surface area (Å²) < 4.78 is 39.9. The lowest BCUT2D eigenvalue weighted by Gasteiger charge is -2.21. The summed E-state index contributed by atoms with van der Waals surface area (Å²) >= 11 is 13.9. The zero-order chi connectivity index (χ0) is 25.2. The average Bonchev–Trinajstić information content (AvgIpc) is 3.18. The van der Waals surface area contributed by atoms with Crippen molar-refractivity contribution in [2.75, 3.05) is 6.61 Å². The third-order valence-corrected chi connectivity index (χ3v) is 11.9. The van der Waals surface area contributed by atoms with E-state index >= 15 is 0 Å². The third kappa shape index (κ3) is 6.81. The summed E-state index contributed by atoms with van der Waals surface area (Å²) in [5.74, 6) is -4.67. The number of hydrogen-bond donors (Lipinski definition) is 2. The topological polar surface area (TPSA) is 111 Å². The molecule has 1 aromatic heterocycles. The lowest BCUT2D eigenvalue weighted by molar-refractivity contribution is -0.0398. The van der Waals surface area contributed by atoms with Crippen LogP contribution in [0, 0.1) is 5.82 Å². The van der Waals surface area contributed by atoms with Crippen molar-refractivity contribution in [3.8, 4) is 0 Å². The van der Waals surface area contributed by atoms with Crippen molar-refractivity contribution < 1.29 is 23.3 Å². The van der Waals surface area contributed by atoms with E-state index in [-0.39, 0.29) is 13.0 Å². The summed E-state index contributed by atoms with van der Waals surface area (Å²) in [6.45, 7) is -0.267. The van der Waals surface area contributed by atoms with Gasteiger partial charge in [0.2, 0.25) is 5.82 Å². The molecule has 0 saturated carbocycles. The number of aliphatic hydroxyl groups excluding tert-OH is 1. The first-order chi connectivity index (χ1) is 16.6. The van der Waals surface area contributed by atoms with Gasteiger partial charge in [0.25, 0.3) is 5.56 Å². The van der Waals surface area contributed by atoms with Gasteiger partial charge in [-0.2, -0.15) is 4.39 Å². The molecule has 186 valence electrons. The molecule has 8 nitrogen and oxygen atoms in total. The van der Waals surface area contributed by atoms with Crippen LogP contribution in [0.2, 0.25) is 10.0 Å². The van der Waals surface area contributed by atoms with Crippen LogP contribution in [-0.4, -0.2) is 33.5 Å². The molecule has 3 aromatic rings. The molecule has 1 saturated heterocycles. The van der Waals surface area contributed by atoms with E-state index in [1.165, 1.54) is 0 Å². The lowest BCUT2D eigenvalue weighted by atomic mass is 10.2. The highest BCUT2D eigenvalue weighted by Gasteiger charge is 2.38. The Bertz CT molecular complexity index is 1300. The maximum Gasteiger partial charge on any atom is 0.330 e. The Kier molecular flexibility index (Phi) is 8.50. The third-order valence-electron chi connectivity index (χ3n) is 4.90. The number of benzene rings is 2. The number of aliphatic hydroxyl groups is 1. The average molecular weight is 579 g/mol. The number of H-pyrrole nitrogens is 1. The van der Waals surface area contributed by atoms with E-state index in [1.807, 2.05) is 4.98 Å². The second kappa shape index (κ2) is 11.2. The maximum atomic E-state index is 13.8. The summed E-state index contributed by atoms with van der Waals surface area (Å²) in [7, 11) is 0. The molecule has 14 heteroatoms. The molecule has 0 radical (unpaired) electrons. The highest BCUT2D eigenvalue weighted by molar-refractivity contribution is 8.89. The Labute approximate surface area is 216 Å². The highest BCUT2D eigenvalue weighted by Crippen LogP contribution is 2.74. The van der Waals surface area contributed by atoms with Gasteiger partial charge in [-0.05, 0) is 71.3 Å². The number of ether oxygens (including phenoxy) is 1. The molecule has 0 aliphatic carbocycles. The molecule has 35 heavy (non-hydrogen) atoms. The zero-order valence-corrected chi connectivity index (χ0v) is 21.7. The summed E-state index contributed by atoms with van der Waals surface area (Å²) in [5.41, 5.74) is -2.03. The van der Waals surface area contributed by atoms with Crippen LogP contribution in [0.15, 0.2) is 74.1 Å².